The molecule has 2 aromatic carbocycles. The van der Waals surface area contributed by atoms with Gasteiger partial charge in [0.25, 0.3) is 5.91 Å². The lowest BCUT2D eigenvalue weighted by molar-refractivity contribution is 0.0465. The molecule has 0 unspecified atom stereocenters. The molecule has 0 saturated carbocycles. The number of para-hydroxylation sites is 1. The van der Waals surface area contributed by atoms with Gasteiger partial charge in [-0.25, -0.2) is 9.78 Å². The Kier molecular flexibility index (Phi) is 6.55. The molecule has 1 amide bonds. The Morgan fingerprint density at radius 3 is 2.43 bits per heavy atom. The zero-order chi connectivity index (χ0) is 19.9. The molecular formula is C22H22N2O3S. The molecule has 0 N–H and O–H groups in total. The van der Waals surface area contributed by atoms with Crippen molar-refractivity contribution in [3.63, 3.8) is 0 Å². The maximum Gasteiger partial charge on any atom is 0.339 e. The van der Waals surface area contributed by atoms with Crippen LogP contribution in [-0.2, 0) is 17.8 Å². The van der Waals surface area contributed by atoms with Crippen LogP contribution in [-0.4, -0.2) is 23.9 Å². The van der Waals surface area contributed by atoms with Gasteiger partial charge in [-0.1, -0.05) is 37.3 Å². The van der Waals surface area contributed by atoms with Crippen molar-refractivity contribution in [3.8, 4) is 0 Å². The molecule has 28 heavy (non-hydrogen) atoms. The Labute approximate surface area is 168 Å². The smallest absolute Gasteiger partial charge is 0.339 e. The SMILES string of the molecule is CCCc1nc(COC(=O)c2ccccc2C(=O)N(C)c2ccccc2)cs1. The van der Waals surface area contributed by atoms with E-state index in [1.54, 1.807) is 42.6 Å². The summed E-state index contributed by atoms with van der Waals surface area (Å²) in [6.07, 6.45) is 1.94. The highest BCUT2D eigenvalue weighted by atomic mass is 32.1. The number of carbonyl (C=O) groups is 2. The van der Waals surface area contributed by atoms with Crippen LogP contribution in [0.2, 0.25) is 0 Å². The molecule has 0 aliphatic rings. The predicted octanol–water partition coefficient (Wildman–Crippen LogP) is 4.73. The fraction of sp³-hybridized carbons (Fsp3) is 0.227. The summed E-state index contributed by atoms with van der Waals surface area (Å²) in [4.78, 5) is 31.5. The normalized spacial score (nSPS) is 10.5. The molecule has 5 nitrogen and oxygen atoms in total. The van der Waals surface area contributed by atoms with E-state index in [9.17, 15) is 9.59 Å². The van der Waals surface area contributed by atoms with Crippen LogP contribution in [0.5, 0.6) is 0 Å². The van der Waals surface area contributed by atoms with Gasteiger partial charge in [-0.05, 0) is 37.1 Å². The molecule has 0 bridgehead atoms. The van der Waals surface area contributed by atoms with Crippen LogP contribution in [0.1, 0.15) is 44.8 Å². The first kappa shape index (κ1) is 19.8. The summed E-state index contributed by atoms with van der Waals surface area (Å²) in [5.74, 6) is -0.798. The number of anilines is 1. The average Bonchev–Trinajstić information content (AvgIpc) is 3.19. The maximum atomic E-state index is 12.9. The summed E-state index contributed by atoms with van der Waals surface area (Å²) in [6.45, 7) is 2.19. The number of benzene rings is 2. The van der Waals surface area contributed by atoms with E-state index in [1.165, 1.54) is 4.90 Å². The molecule has 0 radical (unpaired) electrons. The summed E-state index contributed by atoms with van der Waals surface area (Å²) in [5.41, 5.74) is 2.04. The van der Waals surface area contributed by atoms with E-state index in [1.807, 2.05) is 35.7 Å². The van der Waals surface area contributed by atoms with Gasteiger partial charge < -0.3 is 9.64 Å². The van der Waals surface area contributed by atoms with Crippen LogP contribution in [0.25, 0.3) is 0 Å². The van der Waals surface area contributed by atoms with Gasteiger partial charge in [0.05, 0.1) is 21.8 Å². The summed E-state index contributed by atoms with van der Waals surface area (Å²) in [5, 5.41) is 2.94. The average molecular weight is 394 g/mol. The molecule has 0 saturated heterocycles. The summed E-state index contributed by atoms with van der Waals surface area (Å²) >= 11 is 1.57. The number of aryl methyl sites for hydroxylation is 1. The van der Waals surface area contributed by atoms with E-state index in [0.29, 0.717) is 5.56 Å². The number of rotatable bonds is 7. The van der Waals surface area contributed by atoms with Crippen LogP contribution < -0.4 is 4.90 Å². The van der Waals surface area contributed by atoms with Crippen molar-refractivity contribution in [2.75, 3.05) is 11.9 Å². The van der Waals surface area contributed by atoms with E-state index in [2.05, 4.69) is 11.9 Å². The minimum atomic E-state index is -0.532. The Bertz CT molecular complexity index is 953. The van der Waals surface area contributed by atoms with Crippen molar-refractivity contribution >= 4 is 28.9 Å². The van der Waals surface area contributed by atoms with E-state index in [4.69, 9.17) is 4.74 Å². The van der Waals surface area contributed by atoms with Gasteiger partial charge >= 0.3 is 5.97 Å². The third-order valence-electron chi connectivity index (χ3n) is 4.24. The van der Waals surface area contributed by atoms with E-state index < -0.39 is 5.97 Å². The van der Waals surface area contributed by atoms with Gasteiger partial charge in [0, 0.05) is 18.1 Å². The lowest BCUT2D eigenvalue weighted by atomic mass is 10.1. The number of thiazole rings is 1. The number of carbonyl (C=O) groups excluding carboxylic acids is 2. The Balaban J connectivity index is 1.73. The minimum Gasteiger partial charge on any atom is -0.456 e. The zero-order valence-corrected chi connectivity index (χ0v) is 16.7. The molecule has 6 heteroatoms. The first-order valence-electron chi connectivity index (χ1n) is 9.12. The number of nitrogens with zero attached hydrogens (tertiary/aromatic N) is 2. The number of esters is 1. The Morgan fingerprint density at radius 2 is 1.71 bits per heavy atom. The van der Waals surface area contributed by atoms with Gasteiger partial charge in [0.15, 0.2) is 0 Å². The molecule has 0 spiro atoms. The lowest BCUT2D eigenvalue weighted by Crippen LogP contribution is -2.28. The van der Waals surface area contributed by atoms with Gasteiger partial charge in [0.2, 0.25) is 0 Å². The van der Waals surface area contributed by atoms with Crippen molar-refractivity contribution in [3.05, 3.63) is 81.8 Å². The van der Waals surface area contributed by atoms with Gasteiger partial charge in [0.1, 0.15) is 6.61 Å². The molecule has 3 aromatic rings. The lowest BCUT2D eigenvalue weighted by Gasteiger charge is -2.18. The molecule has 0 aliphatic carbocycles. The predicted molar refractivity (Wildman–Crippen MR) is 111 cm³/mol. The minimum absolute atomic E-state index is 0.0934. The number of amides is 1. The summed E-state index contributed by atoms with van der Waals surface area (Å²) in [7, 11) is 1.68. The van der Waals surface area contributed by atoms with E-state index >= 15 is 0 Å². The Hall–Kier alpha value is -2.99. The van der Waals surface area contributed by atoms with Gasteiger partial charge in [-0.3, -0.25) is 4.79 Å². The van der Waals surface area contributed by atoms with Crippen LogP contribution in [0.15, 0.2) is 60.0 Å². The zero-order valence-electron chi connectivity index (χ0n) is 15.9. The van der Waals surface area contributed by atoms with Gasteiger partial charge in [-0.15, -0.1) is 11.3 Å². The van der Waals surface area contributed by atoms with Gasteiger partial charge in [-0.2, -0.15) is 0 Å². The summed E-state index contributed by atoms with van der Waals surface area (Å²) < 4.78 is 5.42. The molecule has 3 rings (SSSR count). The van der Waals surface area contributed by atoms with Crippen molar-refractivity contribution in [2.45, 2.75) is 26.4 Å². The number of ether oxygens (including phenoxy) is 1. The van der Waals surface area contributed by atoms with Crippen LogP contribution >= 0.6 is 11.3 Å². The van der Waals surface area contributed by atoms with Crippen molar-refractivity contribution in [1.82, 2.24) is 4.98 Å². The molecule has 1 aromatic heterocycles. The van der Waals surface area contributed by atoms with Crippen LogP contribution in [0.3, 0.4) is 0 Å². The first-order valence-corrected chi connectivity index (χ1v) is 10.0. The first-order chi connectivity index (χ1) is 13.6. The summed E-state index contributed by atoms with van der Waals surface area (Å²) in [6, 6.07) is 16.0. The molecule has 0 fully saturated rings. The fourth-order valence-electron chi connectivity index (χ4n) is 2.76. The number of aromatic nitrogens is 1. The highest BCUT2D eigenvalue weighted by Gasteiger charge is 2.21. The van der Waals surface area contributed by atoms with Crippen molar-refractivity contribution in [1.29, 1.82) is 0 Å². The maximum absolute atomic E-state index is 12.9. The standard InChI is InChI=1S/C22H22N2O3S/c1-3-9-20-23-16(15-28-20)14-27-22(26)19-13-8-7-12-18(19)21(25)24(2)17-10-5-4-6-11-17/h4-8,10-13,15H,3,9,14H2,1-2H3. The third kappa shape index (κ3) is 4.64. The largest absolute Gasteiger partial charge is 0.456 e. The monoisotopic (exact) mass is 394 g/mol. The van der Waals surface area contributed by atoms with Crippen molar-refractivity contribution in [2.24, 2.45) is 0 Å². The Morgan fingerprint density at radius 1 is 1.04 bits per heavy atom. The number of hydrogen-bond donors (Lipinski definition) is 0. The van der Waals surface area contributed by atoms with Crippen LogP contribution in [0.4, 0.5) is 5.69 Å². The molecule has 0 aliphatic heterocycles. The molecule has 0 atom stereocenters. The topological polar surface area (TPSA) is 59.5 Å². The second-order valence-corrected chi connectivity index (χ2v) is 7.25. The fourth-order valence-corrected chi connectivity index (χ4v) is 3.64. The van der Waals surface area contributed by atoms with E-state index in [0.717, 1.165) is 29.2 Å². The second kappa shape index (κ2) is 9.28. The quantitative estimate of drug-likeness (QED) is 0.544. The third-order valence-corrected chi connectivity index (χ3v) is 5.20. The molecule has 1 heterocycles. The highest BCUT2D eigenvalue weighted by molar-refractivity contribution is 7.09. The molecular weight excluding hydrogens is 372 g/mol. The number of hydrogen-bond acceptors (Lipinski definition) is 5. The highest BCUT2D eigenvalue weighted by Crippen LogP contribution is 2.19. The van der Waals surface area contributed by atoms with Crippen molar-refractivity contribution < 1.29 is 14.3 Å². The van der Waals surface area contributed by atoms with Crippen LogP contribution in [0, 0.1) is 0 Å². The second-order valence-electron chi connectivity index (χ2n) is 6.30. The van der Waals surface area contributed by atoms with E-state index in [-0.39, 0.29) is 18.1 Å². The molecule has 144 valence electrons.